The van der Waals surface area contributed by atoms with Gasteiger partial charge in [0.25, 0.3) is 0 Å². The molecule has 1 rings (SSSR count). The van der Waals surface area contributed by atoms with Crippen LogP contribution in [-0.4, -0.2) is 37.6 Å². The number of hydrogen-bond acceptors (Lipinski definition) is 2. The summed E-state index contributed by atoms with van der Waals surface area (Å²) in [6.45, 7) is 9.99. The van der Waals surface area contributed by atoms with Crippen molar-refractivity contribution in [2.24, 2.45) is 0 Å². The van der Waals surface area contributed by atoms with Gasteiger partial charge in [-0.1, -0.05) is 44.2 Å². The Morgan fingerprint density at radius 1 is 1.18 bits per heavy atom. The van der Waals surface area contributed by atoms with E-state index in [2.05, 4.69) is 68.4 Å². The van der Waals surface area contributed by atoms with Gasteiger partial charge in [-0.15, -0.1) is 0 Å². The van der Waals surface area contributed by atoms with Crippen LogP contribution in [0.2, 0.25) is 0 Å². The third-order valence-corrected chi connectivity index (χ3v) is 3.27. The Labute approximate surface area is 106 Å². The van der Waals surface area contributed by atoms with Gasteiger partial charge in [0.2, 0.25) is 0 Å². The van der Waals surface area contributed by atoms with Gasteiger partial charge in [0.1, 0.15) is 0 Å². The van der Waals surface area contributed by atoms with Crippen molar-refractivity contribution in [2.45, 2.75) is 32.7 Å². The fraction of sp³-hybridized carbons (Fsp3) is 0.600. The second-order valence-corrected chi connectivity index (χ2v) is 4.98. The van der Waals surface area contributed by atoms with Crippen molar-refractivity contribution in [3.8, 4) is 0 Å². The second kappa shape index (κ2) is 7.46. The topological polar surface area (TPSA) is 15.3 Å². The lowest BCUT2D eigenvalue weighted by Gasteiger charge is -2.22. The molecule has 1 aromatic carbocycles. The molecule has 1 aromatic rings. The summed E-state index contributed by atoms with van der Waals surface area (Å²) < 4.78 is 0. The first kappa shape index (κ1) is 14.2. The number of nitrogens with one attached hydrogen (secondary N) is 1. The van der Waals surface area contributed by atoms with Crippen molar-refractivity contribution in [3.05, 3.63) is 35.9 Å². The lowest BCUT2D eigenvalue weighted by Crippen LogP contribution is -2.38. The molecule has 0 saturated carbocycles. The Hall–Kier alpha value is -0.860. The predicted octanol–water partition coefficient (Wildman–Crippen LogP) is 2.72. The van der Waals surface area contributed by atoms with E-state index < -0.39 is 0 Å². The van der Waals surface area contributed by atoms with Crippen LogP contribution in [0.15, 0.2) is 30.3 Å². The Kier molecular flexibility index (Phi) is 6.23. The molecule has 0 fully saturated rings. The summed E-state index contributed by atoms with van der Waals surface area (Å²) >= 11 is 0. The normalized spacial score (nSPS) is 14.9. The van der Waals surface area contributed by atoms with Crippen molar-refractivity contribution in [3.63, 3.8) is 0 Å². The Morgan fingerprint density at radius 3 is 2.41 bits per heavy atom. The van der Waals surface area contributed by atoms with E-state index in [4.69, 9.17) is 0 Å². The van der Waals surface area contributed by atoms with Gasteiger partial charge in [0.15, 0.2) is 0 Å². The maximum Gasteiger partial charge on any atom is 0.0166 e. The first-order chi connectivity index (χ1) is 8.13. The summed E-state index contributed by atoms with van der Waals surface area (Å²) in [7, 11) is 2.17. The molecular weight excluding hydrogens is 208 g/mol. The van der Waals surface area contributed by atoms with Gasteiger partial charge in [-0.25, -0.2) is 0 Å². The zero-order valence-electron chi connectivity index (χ0n) is 11.6. The number of likely N-dealkylation sites (N-methyl/N-ethyl adjacent to an activating group) is 1. The maximum atomic E-state index is 3.60. The molecule has 0 radical (unpaired) electrons. The van der Waals surface area contributed by atoms with E-state index in [1.165, 1.54) is 5.56 Å². The third kappa shape index (κ3) is 5.33. The number of benzene rings is 1. The van der Waals surface area contributed by atoms with E-state index in [1.54, 1.807) is 0 Å². The van der Waals surface area contributed by atoms with Gasteiger partial charge < -0.3 is 10.2 Å². The SMILES string of the molecule is CCN(C)CC(C)NCC(C)c1ccccc1. The largest absolute Gasteiger partial charge is 0.312 e. The summed E-state index contributed by atoms with van der Waals surface area (Å²) in [5, 5.41) is 3.60. The lowest BCUT2D eigenvalue weighted by atomic mass is 10.0. The van der Waals surface area contributed by atoms with Crippen LogP contribution in [0.4, 0.5) is 0 Å². The monoisotopic (exact) mass is 234 g/mol. The summed E-state index contributed by atoms with van der Waals surface area (Å²) in [5.41, 5.74) is 1.41. The van der Waals surface area contributed by atoms with E-state index in [0.29, 0.717) is 12.0 Å². The molecule has 17 heavy (non-hydrogen) atoms. The molecule has 2 atom stereocenters. The highest BCUT2D eigenvalue weighted by molar-refractivity contribution is 5.18. The summed E-state index contributed by atoms with van der Waals surface area (Å²) in [6, 6.07) is 11.2. The summed E-state index contributed by atoms with van der Waals surface area (Å²) in [6.07, 6.45) is 0. The molecule has 2 unspecified atom stereocenters. The van der Waals surface area contributed by atoms with Crippen molar-refractivity contribution >= 4 is 0 Å². The summed E-state index contributed by atoms with van der Waals surface area (Å²) in [5.74, 6) is 0.575. The van der Waals surface area contributed by atoms with Crippen molar-refractivity contribution in [1.82, 2.24) is 10.2 Å². The minimum atomic E-state index is 0.547. The second-order valence-electron chi connectivity index (χ2n) is 4.98. The highest BCUT2D eigenvalue weighted by Crippen LogP contribution is 2.13. The van der Waals surface area contributed by atoms with E-state index in [9.17, 15) is 0 Å². The molecule has 0 amide bonds. The van der Waals surface area contributed by atoms with Crippen LogP contribution in [-0.2, 0) is 0 Å². The van der Waals surface area contributed by atoms with Crippen LogP contribution >= 0.6 is 0 Å². The van der Waals surface area contributed by atoms with Gasteiger partial charge in [-0.2, -0.15) is 0 Å². The number of rotatable bonds is 7. The fourth-order valence-corrected chi connectivity index (χ4v) is 1.94. The van der Waals surface area contributed by atoms with E-state index in [1.807, 2.05) is 0 Å². The van der Waals surface area contributed by atoms with Crippen LogP contribution < -0.4 is 5.32 Å². The van der Waals surface area contributed by atoms with E-state index in [-0.39, 0.29) is 0 Å². The summed E-state index contributed by atoms with van der Waals surface area (Å²) in [4.78, 5) is 2.34. The minimum Gasteiger partial charge on any atom is -0.312 e. The maximum absolute atomic E-state index is 3.60. The average molecular weight is 234 g/mol. The molecule has 0 aliphatic heterocycles. The molecule has 0 heterocycles. The molecular formula is C15H26N2. The van der Waals surface area contributed by atoms with Crippen LogP contribution in [0, 0.1) is 0 Å². The smallest absolute Gasteiger partial charge is 0.0166 e. The molecule has 2 heteroatoms. The number of hydrogen-bond donors (Lipinski definition) is 1. The minimum absolute atomic E-state index is 0.547. The molecule has 1 N–H and O–H groups in total. The van der Waals surface area contributed by atoms with Gasteiger partial charge >= 0.3 is 0 Å². The van der Waals surface area contributed by atoms with E-state index >= 15 is 0 Å². The van der Waals surface area contributed by atoms with Crippen LogP contribution in [0.3, 0.4) is 0 Å². The molecule has 0 aliphatic carbocycles. The zero-order chi connectivity index (χ0) is 12.7. The van der Waals surface area contributed by atoms with Gasteiger partial charge in [-0.05, 0) is 32.0 Å². The third-order valence-electron chi connectivity index (χ3n) is 3.27. The fourth-order valence-electron chi connectivity index (χ4n) is 1.94. The standard InChI is InChI=1S/C15H26N2/c1-5-17(4)12-14(3)16-11-13(2)15-9-7-6-8-10-15/h6-10,13-14,16H,5,11-12H2,1-4H3. The van der Waals surface area contributed by atoms with Crippen molar-refractivity contribution in [1.29, 1.82) is 0 Å². The number of nitrogens with zero attached hydrogens (tertiary/aromatic N) is 1. The van der Waals surface area contributed by atoms with Gasteiger partial charge in [0.05, 0.1) is 0 Å². The Morgan fingerprint density at radius 2 is 1.82 bits per heavy atom. The zero-order valence-corrected chi connectivity index (χ0v) is 11.6. The lowest BCUT2D eigenvalue weighted by molar-refractivity contribution is 0.308. The van der Waals surface area contributed by atoms with Gasteiger partial charge in [0, 0.05) is 19.1 Å². The molecule has 2 nitrogen and oxygen atoms in total. The Bertz CT molecular complexity index is 297. The van der Waals surface area contributed by atoms with E-state index in [0.717, 1.165) is 19.6 Å². The molecule has 0 saturated heterocycles. The Balaban J connectivity index is 2.31. The first-order valence-corrected chi connectivity index (χ1v) is 6.60. The molecule has 0 aromatic heterocycles. The predicted molar refractivity (Wildman–Crippen MR) is 75.5 cm³/mol. The first-order valence-electron chi connectivity index (χ1n) is 6.60. The van der Waals surface area contributed by atoms with Crippen molar-refractivity contribution in [2.75, 3.05) is 26.7 Å². The molecule has 0 aliphatic rings. The van der Waals surface area contributed by atoms with Gasteiger partial charge in [-0.3, -0.25) is 0 Å². The highest BCUT2D eigenvalue weighted by atomic mass is 15.1. The van der Waals surface area contributed by atoms with Crippen LogP contribution in [0.1, 0.15) is 32.3 Å². The quantitative estimate of drug-likeness (QED) is 0.780. The van der Waals surface area contributed by atoms with Crippen LogP contribution in [0.25, 0.3) is 0 Å². The van der Waals surface area contributed by atoms with Crippen LogP contribution in [0.5, 0.6) is 0 Å². The average Bonchev–Trinajstić information content (AvgIpc) is 2.36. The molecule has 96 valence electrons. The van der Waals surface area contributed by atoms with Crippen molar-refractivity contribution < 1.29 is 0 Å². The molecule has 0 bridgehead atoms. The molecule has 0 spiro atoms. The highest BCUT2D eigenvalue weighted by Gasteiger charge is 2.08.